The van der Waals surface area contributed by atoms with E-state index in [4.69, 9.17) is 5.11 Å². The number of hydrogen-bond donors (Lipinski definition) is 2. The highest BCUT2D eigenvalue weighted by Gasteiger charge is 2.17. The molecule has 2 atom stereocenters. The van der Waals surface area contributed by atoms with Crippen LogP contribution in [-0.2, 0) is 20.4 Å². The molecule has 0 aromatic rings. The summed E-state index contributed by atoms with van der Waals surface area (Å²) in [6.45, 7) is 5.18. The molecule has 1 amide bonds. The Balaban J connectivity index is 4.01. The van der Waals surface area contributed by atoms with Crippen molar-refractivity contribution in [1.82, 2.24) is 5.32 Å². The van der Waals surface area contributed by atoms with Crippen molar-refractivity contribution in [2.24, 2.45) is 0 Å². The topological polar surface area (TPSA) is 83.5 Å². The number of carboxylic acids is 1. The van der Waals surface area contributed by atoms with E-state index in [1.165, 1.54) is 0 Å². The molecule has 0 rings (SSSR count). The number of hydrogen-bond acceptors (Lipinski definition) is 3. The summed E-state index contributed by atoms with van der Waals surface area (Å²) >= 11 is 0. The van der Waals surface area contributed by atoms with Gasteiger partial charge in [0, 0.05) is 22.1 Å². The van der Waals surface area contributed by atoms with Gasteiger partial charge in [-0.1, -0.05) is 6.92 Å². The Morgan fingerprint density at radius 3 is 2.27 bits per heavy atom. The minimum atomic E-state index is -1.42. The van der Waals surface area contributed by atoms with Crippen LogP contribution >= 0.6 is 0 Å². The smallest absolute Gasteiger partial charge is 0.304 e. The fourth-order valence-corrected chi connectivity index (χ4v) is 1.93. The van der Waals surface area contributed by atoms with E-state index in [-0.39, 0.29) is 24.1 Å². The van der Waals surface area contributed by atoms with E-state index < -0.39 is 22.0 Å². The normalized spacial score (nSPS) is 14.7. The van der Waals surface area contributed by atoms with Gasteiger partial charge in [0.05, 0.1) is 6.42 Å². The SMILES string of the molecule is CC(C)NC(=O)CS(=O)C(C)CC(=O)O. The molecule has 6 heteroatoms. The number of rotatable bonds is 6. The van der Waals surface area contributed by atoms with Crippen molar-refractivity contribution in [2.45, 2.75) is 38.5 Å². The highest BCUT2D eigenvalue weighted by Crippen LogP contribution is 2.01. The molecule has 0 aliphatic heterocycles. The molecular weight excluding hydrogens is 218 g/mol. The molecule has 0 aliphatic carbocycles. The summed E-state index contributed by atoms with van der Waals surface area (Å²) in [6.07, 6.45) is -0.179. The summed E-state index contributed by atoms with van der Waals surface area (Å²) in [4.78, 5) is 21.5. The molecule has 0 fully saturated rings. The predicted octanol–water partition coefficient (Wildman–Crippen LogP) is 0.123. The number of aliphatic carboxylic acids is 1. The van der Waals surface area contributed by atoms with Gasteiger partial charge in [-0.2, -0.15) is 0 Å². The summed E-state index contributed by atoms with van der Waals surface area (Å²) in [6, 6.07) is 0.00396. The average Bonchev–Trinajstić information content (AvgIpc) is 2.00. The molecule has 0 heterocycles. The monoisotopic (exact) mass is 235 g/mol. The third-order valence-electron chi connectivity index (χ3n) is 1.63. The van der Waals surface area contributed by atoms with Crippen molar-refractivity contribution in [3.8, 4) is 0 Å². The van der Waals surface area contributed by atoms with Gasteiger partial charge in [-0.15, -0.1) is 0 Å². The molecule has 2 N–H and O–H groups in total. The maximum atomic E-state index is 11.5. The van der Waals surface area contributed by atoms with E-state index in [0.29, 0.717) is 0 Å². The third-order valence-corrected chi connectivity index (χ3v) is 3.24. The molecule has 15 heavy (non-hydrogen) atoms. The summed E-state index contributed by atoms with van der Waals surface area (Å²) in [7, 11) is -1.42. The summed E-state index contributed by atoms with van der Waals surface area (Å²) < 4.78 is 11.5. The van der Waals surface area contributed by atoms with Crippen molar-refractivity contribution in [3.05, 3.63) is 0 Å². The first-order valence-corrected chi connectivity index (χ1v) is 6.09. The molecule has 5 nitrogen and oxygen atoms in total. The minimum Gasteiger partial charge on any atom is -0.481 e. The number of amides is 1. The van der Waals surface area contributed by atoms with Crippen molar-refractivity contribution >= 4 is 22.7 Å². The first-order chi connectivity index (χ1) is 6.82. The van der Waals surface area contributed by atoms with Crippen LogP contribution in [0.5, 0.6) is 0 Å². The van der Waals surface area contributed by atoms with Crippen LogP contribution in [0.2, 0.25) is 0 Å². The second kappa shape index (κ2) is 6.55. The fraction of sp³-hybridized carbons (Fsp3) is 0.778. The maximum absolute atomic E-state index is 11.5. The van der Waals surface area contributed by atoms with Crippen LogP contribution in [0.15, 0.2) is 0 Å². The zero-order valence-corrected chi connectivity index (χ0v) is 9.97. The van der Waals surface area contributed by atoms with Gasteiger partial charge < -0.3 is 10.4 Å². The zero-order valence-electron chi connectivity index (χ0n) is 9.15. The van der Waals surface area contributed by atoms with Crippen LogP contribution in [0.1, 0.15) is 27.2 Å². The quantitative estimate of drug-likeness (QED) is 0.685. The lowest BCUT2D eigenvalue weighted by molar-refractivity contribution is -0.137. The Morgan fingerprint density at radius 2 is 1.87 bits per heavy atom. The Hall–Kier alpha value is -0.910. The number of nitrogens with one attached hydrogen (secondary N) is 1. The summed E-state index contributed by atoms with van der Waals surface area (Å²) in [5.74, 6) is -1.44. The summed E-state index contributed by atoms with van der Waals surface area (Å²) in [5, 5.41) is 10.6. The maximum Gasteiger partial charge on any atom is 0.304 e. The van der Waals surface area contributed by atoms with E-state index >= 15 is 0 Å². The van der Waals surface area contributed by atoms with E-state index in [1.54, 1.807) is 6.92 Å². The van der Waals surface area contributed by atoms with Gasteiger partial charge in [-0.05, 0) is 13.8 Å². The van der Waals surface area contributed by atoms with Gasteiger partial charge in [0.1, 0.15) is 5.75 Å². The first kappa shape index (κ1) is 14.1. The molecule has 0 spiro atoms. The van der Waals surface area contributed by atoms with Crippen LogP contribution in [0.25, 0.3) is 0 Å². The van der Waals surface area contributed by atoms with Gasteiger partial charge in [-0.25, -0.2) is 0 Å². The molecule has 88 valence electrons. The van der Waals surface area contributed by atoms with E-state index in [0.717, 1.165) is 0 Å². The van der Waals surface area contributed by atoms with Crippen LogP contribution in [0.4, 0.5) is 0 Å². The molecule has 2 unspecified atom stereocenters. The molecule has 0 saturated carbocycles. The highest BCUT2D eigenvalue weighted by atomic mass is 32.2. The number of carbonyl (C=O) groups excluding carboxylic acids is 1. The van der Waals surface area contributed by atoms with E-state index in [1.807, 2.05) is 13.8 Å². The minimum absolute atomic E-state index is 0.00396. The molecule has 0 saturated heterocycles. The Bertz CT molecular complexity index is 265. The lowest BCUT2D eigenvalue weighted by atomic mass is 10.3. The van der Waals surface area contributed by atoms with Crippen molar-refractivity contribution in [1.29, 1.82) is 0 Å². The molecular formula is C9H17NO4S. The van der Waals surface area contributed by atoms with Crippen molar-refractivity contribution in [2.75, 3.05) is 5.75 Å². The van der Waals surface area contributed by atoms with Gasteiger partial charge in [0.15, 0.2) is 0 Å². The third kappa shape index (κ3) is 7.07. The Kier molecular flexibility index (Phi) is 6.15. The van der Waals surface area contributed by atoms with Crippen molar-refractivity contribution in [3.63, 3.8) is 0 Å². The molecule has 0 aliphatic rings. The van der Waals surface area contributed by atoms with Gasteiger partial charge in [-0.3, -0.25) is 13.8 Å². The van der Waals surface area contributed by atoms with E-state index in [2.05, 4.69) is 5.32 Å². The molecule has 0 aromatic heterocycles. The second-order valence-corrected chi connectivity index (χ2v) is 5.51. The van der Waals surface area contributed by atoms with E-state index in [9.17, 15) is 13.8 Å². The highest BCUT2D eigenvalue weighted by molar-refractivity contribution is 7.86. The summed E-state index contributed by atoms with van der Waals surface area (Å²) in [5.41, 5.74) is 0. The van der Waals surface area contributed by atoms with Gasteiger partial charge in [0.25, 0.3) is 0 Å². The zero-order chi connectivity index (χ0) is 12.0. The lowest BCUT2D eigenvalue weighted by Gasteiger charge is -2.11. The molecule has 0 aromatic carbocycles. The first-order valence-electron chi connectivity index (χ1n) is 4.71. The van der Waals surface area contributed by atoms with Gasteiger partial charge in [0.2, 0.25) is 5.91 Å². The fourth-order valence-electron chi connectivity index (χ4n) is 0.974. The van der Waals surface area contributed by atoms with Gasteiger partial charge >= 0.3 is 5.97 Å². The van der Waals surface area contributed by atoms with Crippen LogP contribution in [0.3, 0.4) is 0 Å². The molecule has 0 bridgehead atoms. The number of carboxylic acid groups (broad SMARTS) is 1. The average molecular weight is 235 g/mol. The largest absolute Gasteiger partial charge is 0.481 e. The van der Waals surface area contributed by atoms with Crippen LogP contribution in [0, 0.1) is 0 Å². The van der Waals surface area contributed by atoms with Crippen LogP contribution < -0.4 is 5.32 Å². The second-order valence-electron chi connectivity index (χ2n) is 3.66. The Morgan fingerprint density at radius 1 is 1.33 bits per heavy atom. The standard InChI is InChI=1S/C9H17NO4S/c1-6(2)10-8(11)5-15(14)7(3)4-9(12)13/h6-7H,4-5H2,1-3H3,(H,10,11)(H,12,13). The number of carbonyl (C=O) groups is 2. The van der Waals surface area contributed by atoms with Crippen molar-refractivity contribution < 1.29 is 18.9 Å². The Labute approximate surface area is 91.7 Å². The predicted molar refractivity (Wildman–Crippen MR) is 58.0 cm³/mol. The molecule has 0 radical (unpaired) electrons. The lowest BCUT2D eigenvalue weighted by Crippen LogP contribution is -2.35. The van der Waals surface area contributed by atoms with Crippen LogP contribution in [-0.4, -0.2) is 38.2 Å².